The number of hydrogen-bond acceptors (Lipinski definition) is 5. The Morgan fingerprint density at radius 1 is 1.30 bits per heavy atom. The van der Waals surface area contributed by atoms with Crippen molar-refractivity contribution in [3.63, 3.8) is 0 Å². The van der Waals surface area contributed by atoms with Gasteiger partial charge in [0, 0.05) is 31.6 Å². The fourth-order valence-corrected chi connectivity index (χ4v) is 3.26. The van der Waals surface area contributed by atoms with Crippen LogP contribution in [0.15, 0.2) is 43.0 Å². The van der Waals surface area contributed by atoms with Gasteiger partial charge in [-0.15, -0.1) is 0 Å². The molecule has 1 aliphatic heterocycles. The molecule has 140 valence electrons. The summed E-state index contributed by atoms with van der Waals surface area (Å²) in [6, 6.07) is 9.90. The van der Waals surface area contributed by atoms with Crippen LogP contribution in [0.25, 0.3) is 0 Å². The number of amides is 1. The van der Waals surface area contributed by atoms with E-state index in [4.69, 9.17) is 0 Å². The molecule has 0 radical (unpaired) electrons. The van der Waals surface area contributed by atoms with E-state index in [9.17, 15) is 4.79 Å². The summed E-state index contributed by atoms with van der Waals surface area (Å²) >= 11 is 0. The highest BCUT2D eigenvalue weighted by Crippen LogP contribution is 2.14. The van der Waals surface area contributed by atoms with E-state index in [-0.39, 0.29) is 5.91 Å². The van der Waals surface area contributed by atoms with Crippen LogP contribution < -0.4 is 10.6 Å². The lowest BCUT2D eigenvalue weighted by molar-refractivity contribution is -0.116. The normalized spacial score (nSPS) is 13.8. The number of hydrogen-bond donors (Lipinski definition) is 2. The SMILES string of the molecule is O=C(CCc1cc2n(n1)CCCNC2)Nc1cccc(Cn2cncn2)c1. The van der Waals surface area contributed by atoms with E-state index in [2.05, 4.69) is 36.6 Å². The van der Waals surface area contributed by atoms with Crippen LogP contribution in [0, 0.1) is 0 Å². The first-order valence-electron chi connectivity index (χ1n) is 9.24. The van der Waals surface area contributed by atoms with Crippen molar-refractivity contribution in [2.24, 2.45) is 0 Å². The Morgan fingerprint density at radius 2 is 2.26 bits per heavy atom. The molecule has 0 bridgehead atoms. The number of anilines is 1. The molecular formula is C19H23N7O. The van der Waals surface area contributed by atoms with Gasteiger partial charge in [0.2, 0.25) is 5.91 Å². The zero-order valence-corrected chi connectivity index (χ0v) is 15.1. The van der Waals surface area contributed by atoms with Crippen molar-refractivity contribution in [2.75, 3.05) is 11.9 Å². The average Bonchev–Trinajstić information content (AvgIpc) is 3.25. The number of carbonyl (C=O) groups excluding carboxylic acids is 1. The largest absolute Gasteiger partial charge is 0.326 e. The summed E-state index contributed by atoms with van der Waals surface area (Å²) in [5.74, 6) is -0.00535. The molecule has 0 unspecified atom stereocenters. The minimum atomic E-state index is -0.00535. The standard InChI is InChI=1S/C19H23N7O/c27-19(6-5-17-10-18-11-20-7-2-8-26(18)24-17)23-16-4-1-3-15(9-16)12-25-14-21-13-22-25/h1,3-4,9-10,13-14,20H,2,5-8,11-12H2,(H,23,27). The molecule has 0 aliphatic carbocycles. The van der Waals surface area contributed by atoms with Gasteiger partial charge in [-0.3, -0.25) is 9.48 Å². The van der Waals surface area contributed by atoms with Crippen LogP contribution in [0.4, 0.5) is 5.69 Å². The lowest BCUT2D eigenvalue weighted by Gasteiger charge is -2.07. The zero-order valence-electron chi connectivity index (χ0n) is 15.1. The van der Waals surface area contributed by atoms with Crippen LogP contribution in [0.5, 0.6) is 0 Å². The number of aromatic nitrogens is 5. The number of aryl methyl sites for hydroxylation is 2. The molecular weight excluding hydrogens is 342 g/mol. The highest BCUT2D eigenvalue weighted by molar-refractivity contribution is 5.90. The Kier molecular flexibility index (Phi) is 5.24. The summed E-state index contributed by atoms with van der Waals surface area (Å²) in [5.41, 5.74) is 4.03. The predicted octanol–water partition coefficient (Wildman–Crippen LogP) is 1.59. The summed E-state index contributed by atoms with van der Waals surface area (Å²) in [6.07, 6.45) is 5.33. The minimum absolute atomic E-state index is 0.00535. The van der Waals surface area contributed by atoms with E-state index in [1.165, 1.54) is 12.0 Å². The maximum atomic E-state index is 12.3. The Hall–Kier alpha value is -3.00. The summed E-state index contributed by atoms with van der Waals surface area (Å²) in [6.45, 7) is 3.43. The molecule has 2 aromatic heterocycles. The fourth-order valence-electron chi connectivity index (χ4n) is 3.26. The number of nitrogens with one attached hydrogen (secondary N) is 2. The number of rotatable bonds is 6. The third-order valence-electron chi connectivity index (χ3n) is 4.57. The van der Waals surface area contributed by atoms with Gasteiger partial charge in [-0.25, -0.2) is 9.67 Å². The van der Waals surface area contributed by atoms with Crippen molar-refractivity contribution in [3.8, 4) is 0 Å². The van der Waals surface area contributed by atoms with Crippen LogP contribution in [-0.4, -0.2) is 37.0 Å². The van der Waals surface area contributed by atoms with Gasteiger partial charge >= 0.3 is 0 Å². The molecule has 27 heavy (non-hydrogen) atoms. The molecule has 0 saturated heterocycles. The number of nitrogens with zero attached hydrogens (tertiary/aromatic N) is 5. The van der Waals surface area contributed by atoms with Gasteiger partial charge in [-0.1, -0.05) is 12.1 Å². The van der Waals surface area contributed by atoms with E-state index < -0.39 is 0 Å². The Morgan fingerprint density at radius 3 is 3.15 bits per heavy atom. The monoisotopic (exact) mass is 365 g/mol. The second kappa shape index (κ2) is 8.13. The quantitative estimate of drug-likeness (QED) is 0.692. The summed E-state index contributed by atoms with van der Waals surface area (Å²) in [4.78, 5) is 16.3. The van der Waals surface area contributed by atoms with Crippen LogP contribution in [-0.2, 0) is 30.8 Å². The first kappa shape index (κ1) is 17.4. The number of carbonyl (C=O) groups is 1. The molecule has 3 aromatic rings. The highest BCUT2D eigenvalue weighted by Gasteiger charge is 2.12. The summed E-state index contributed by atoms with van der Waals surface area (Å²) in [7, 11) is 0. The molecule has 0 saturated carbocycles. The lowest BCUT2D eigenvalue weighted by atomic mass is 10.2. The molecule has 2 N–H and O–H groups in total. The maximum absolute atomic E-state index is 12.3. The van der Waals surface area contributed by atoms with Crippen molar-refractivity contribution in [1.82, 2.24) is 29.9 Å². The molecule has 0 spiro atoms. The number of fused-ring (bicyclic) bond motifs is 1. The van der Waals surface area contributed by atoms with Crippen LogP contribution in [0.3, 0.4) is 0 Å². The second-order valence-corrected chi connectivity index (χ2v) is 6.72. The highest BCUT2D eigenvalue weighted by atomic mass is 16.1. The third kappa shape index (κ3) is 4.59. The van der Waals surface area contributed by atoms with E-state index in [1.807, 2.05) is 24.3 Å². The molecule has 1 aromatic carbocycles. The fraction of sp³-hybridized carbons (Fsp3) is 0.368. The van der Waals surface area contributed by atoms with Crippen LogP contribution in [0.2, 0.25) is 0 Å². The molecule has 0 fully saturated rings. The maximum Gasteiger partial charge on any atom is 0.224 e. The summed E-state index contributed by atoms with van der Waals surface area (Å²) < 4.78 is 3.80. The van der Waals surface area contributed by atoms with Gasteiger partial charge in [0.05, 0.1) is 17.9 Å². The van der Waals surface area contributed by atoms with Gasteiger partial charge in [-0.05, 0) is 36.7 Å². The van der Waals surface area contributed by atoms with Crippen LogP contribution >= 0.6 is 0 Å². The van der Waals surface area contributed by atoms with Gasteiger partial charge in [0.15, 0.2) is 0 Å². The van der Waals surface area contributed by atoms with E-state index in [0.717, 1.165) is 43.0 Å². The Labute approximate surface area is 157 Å². The average molecular weight is 365 g/mol. The smallest absolute Gasteiger partial charge is 0.224 e. The lowest BCUT2D eigenvalue weighted by Crippen LogP contribution is -2.13. The van der Waals surface area contributed by atoms with Crippen molar-refractivity contribution < 1.29 is 4.79 Å². The van der Waals surface area contributed by atoms with Crippen molar-refractivity contribution in [2.45, 2.75) is 38.9 Å². The zero-order chi connectivity index (χ0) is 18.5. The molecule has 1 amide bonds. The second-order valence-electron chi connectivity index (χ2n) is 6.72. The number of benzene rings is 1. The van der Waals surface area contributed by atoms with E-state index in [0.29, 0.717) is 19.4 Å². The first-order chi connectivity index (χ1) is 13.3. The van der Waals surface area contributed by atoms with Gasteiger partial charge in [0.25, 0.3) is 0 Å². The van der Waals surface area contributed by atoms with Crippen molar-refractivity contribution >= 4 is 11.6 Å². The predicted molar refractivity (Wildman–Crippen MR) is 101 cm³/mol. The van der Waals surface area contributed by atoms with Gasteiger partial charge in [0.1, 0.15) is 12.7 Å². The van der Waals surface area contributed by atoms with Gasteiger partial charge in [-0.2, -0.15) is 10.2 Å². The van der Waals surface area contributed by atoms with Gasteiger partial charge < -0.3 is 10.6 Å². The van der Waals surface area contributed by atoms with E-state index >= 15 is 0 Å². The van der Waals surface area contributed by atoms with E-state index in [1.54, 1.807) is 11.0 Å². The van der Waals surface area contributed by atoms with Crippen LogP contribution in [0.1, 0.15) is 29.8 Å². The summed E-state index contributed by atoms with van der Waals surface area (Å²) in [5, 5.41) is 15.1. The molecule has 1 aliphatic rings. The Balaban J connectivity index is 1.32. The minimum Gasteiger partial charge on any atom is -0.326 e. The first-order valence-corrected chi connectivity index (χ1v) is 9.24. The topological polar surface area (TPSA) is 89.7 Å². The Bertz CT molecular complexity index is 877. The molecule has 8 heteroatoms. The van der Waals surface area contributed by atoms with Crippen molar-refractivity contribution in [1.29, 1.82) is 0 Å². The molecule has 4 rings (SSSR count). The molecule has 3 heterocycles. The molecule has 8 nitrogen and oxygen atoms in total. The molecule has 0 atom stereocenters. The third-order valence-corrected chi connectivity index (χ3v) is 4.57. The van der Waals surface area contributed by atoms with Crippen molar-refractivity contribution in [3.05, 3.63) is 59.9 Å².